The molecular weight excluding hydrogens is 188 g/mol. The van der Waals surface area contributed by atoms with Crippen LogP contribution in [-0.2, 0) is 9.84 Å². The minimum atomic E-state index is -3.14. The van der Waals surface area contributed by atoms with Crippen molar-refractivity contribution in [3.8, 4) is 0 Å². The Morgan fingerprint density at radius 1 is 1.23 bits per heavy atom. The van der Waals surface area contributed by atoms with Gasteiger partial charge in [0, 0.05) is 5.56 Å². The average Bonchev–Trinajstić information content (AvgIpc) is 2.18. The first-order valence-electron chi connectivity index (χ1n) is 3.88. The second-order valence-corrected chi connectivity index (χ2v) is 4.87. The summed E-state index contributed by atoms with van der Waals surface area (Å²) in [6.07, 6.45) is 0.683. The standard InChI is InChI=1S/C9H10O3S/c1-2-13(11,12)9-5-3-8(7-10)4-6-9/h3-7H,2H2,1H3. The third-order valence-electron chi connectivity index (χ3n) is 1.76. The molecule has 0 saturated carbocycles. The van der Waals surface area contributed by atoms with Gasteiger partial charge < -0.3 is 0 Å². The largest absolute Gasteiger partial charge is 0.298 e. The Labute approximate surface area is 77.3 Å². The highest BCUT2D eigenvalue weighted by molar-refractivity contribution is 7.91. The van der Waals surface area contributed by atoms with E-state index in [9.17, 15) is 13.2 Å². The summed E-state index contributed by atoms with van der Waals surface area (Å²) in [6.45, 7) is 1.59. The zero-order valence-electron chi connectivity index (χ0n) is 7.23. The summed E-state index contributed by atoms with van der Waals surface area (Å²) in [6, 6.07) is 5.89. The highest BCUT2D eigenvalue weighted by Gasteiger charge is 2.10. The number of hydrogen-bond donors (Lipinski definition) is 0. The number of hydrogen-bond acceptors (Lipinski definition) is 3. The SMILES string of the molecule is CCS(=O)(=O)c1ccc(C=O)cc1. The van der Waals surface area contributed by atoms with Gasteiger partial charge in [-0.3, -0.25) is 4.79 Å². The molecule has 0 bridgehead atoms. The number of carbonyl (C=O) groups excluding carboxylic acids is 1. The lowest BCUT2D eigenvalue weighted by molar-refractivity contribution is 0.112. The van der Waals surface area contributed by atoms with Crippen molar-refractivity contribution in [1.82, 2.24) is 0 Å². The summed E-state index contributed by atoms with van der Waals surface area (Å²) in [5, 5.41) is 0. The van der Waals surface area contributed by atoms with E-state index in [1.807, 2.05) is 0 Å². The van der Waals surface area contributed by atoms with Crippen LogP contribution in [0.15, 0.2) is 29.2 Å². The van der Waals surface area contributed by atoms with Gasteiger partial charge in [-0.2, -0.15) is 0 Å². The van der Waals surface area contributed by atoms with E-state index < -0.39 is 9.84 Å². The monoisotopic (exact) mass is 198 g/mol. The zero-order valence-corrected chi connectivity index (χ0v) is 8.04. The Balaban J connectivity index is 3.13. The molecule has 0 heterocycles. The smallest absolute Gasteiger partial charge is 0.178 e. The van der Waals surface area contributed by atoms with Gasteiger partial charge in [0.05, 0.1) is 10.6 Å². The molecule has 0 N–H and O–H groups in total. The molecule has 0 radical (unpaired) electrons. The van der Waals surface area contributed by atoms with E-state index in [1.54, 1.807) is 6.92 Å². The maximum atomic E-state index is 11.3. The van der Waals surface area contributed by atoms with Gasteiger partial charge in [0.15, 0.2) is 9.84 Å². The van der Waals surface area contributed by atoms with E-state index in [1.165, 1.54) is 24.3 Å². The molecule has 4 heteroatoms. The molecule has 1 aromatic rings. The van der Waals surface area contributed by atoms with Gasteiger partial charge >= 0.3 is 0 Å². The molecule has 0 atom stereocenters. The molecule has 1 aromatic carbocycles. The number of aldehydes is 1. The summed E-state index contributed by atoms with van der Waals surface area (Å²) in [7, 11) is -3.14. The average molecular weight is 198 g/mol. The minimum absolute atomic E-state index is 0.0768. The van der Waals surface area contributed by atoms with Crippen molar-refractivity contribution in [2.75, 3.05) is 5.75 Å². The second kappa shape index (κ2) is 3.70. The fraction of sp³-hybridized carbons (Fsp3) is 0.222. The summed E-state index contributed by atoms with van der Waals surface area (Å²) in [5.41, 5.74) is 0.482. The van der Waals surface area contributed by atoms with Crippen LogP contribution in [0.1, 0.15) is 17.3 Å². The van der Waals surface area contributed by atoms with Crippen molar-refractivity contribution in [2.24, 2.45) is 0 Å². The first kappa shape index (κ1) is 9.92. The number of carbonyl (C=O) groups is 1. The topological polar surface area (TPSA) is 51.2 Å². The normalized spacial score (nSPS) is 11.2. The number of benzene rings is 1. The first-order chi connectivity index (χ1) is 6.10. The van der Waals surface area contributed by atoms with Crippen LogP contribution in [0.4, 0.5) is 0 Å². The van der Waals surface area contributed by atoms with Gasteiger partial charge in [-0.15, -0.1) is 0 Å². The highest BCUT2D eigenvalue weighted by atomic mass is 32.2. The van der Waals surface area contributed by atoms with E-state index in [0.717, 1.165) is 0 Å². The van der Waals surface area contributed by atoms with Crippen molar-refractivity contribution in [3.05, 3.63) is 29.8 Å². The van der Waals surface area contributed by atoms with Gasteiger partial charge in [-0.05, 0) is 12.1 Å². The lowest BCUT2D eigenvalue weighted by Gasteiger charge is -1.99. The van der Waals surface area contributed by atoms with Gasteiger partial charge in [0.2, 0.25) is 0 Å². The molecule has 0 spiro atoms. The molecule has 13 heavy (non-hydrogen) atoms. The number of sulfone groups is 1. The quantitative estimate of drug-likeness (QED) is 0.688. The predicted molar refractivity (Wildman–Crippen MR) is 49.6 cm³/mol. The Bertz CT molecular complexity index is 389. The Morgan fingerprint density at radius 3 is 2.15 bits per heavy atom. The summed E-state index contributed by atoms with van der Waals surface area (Å²) >= 11 is 0. The third-order valence-corrected chi connectivity index (χ3v) is 3.51. The first-order valence-corrected chi connectivity index (χ1v) is 5.53. The van der Waals surface area contributed by atoms with Crippen LogP contribution in [0.2, 0.25) is 0 Å². The van der Waals surface area contributed by atoms with E-state index >= 15 is 0 Å². The van der Waals surface area contributed by atoms with Crippen molar-refractivity contribution >= 4 is 16.1 Å². The molecule has 3 nitrogen and oxygen atoms in total. The second-order valence-electron chi connectivity index (χ2n) is 2.59. The van der Waals surface area contributed by atoms with Crippen LogP contribution in [0, 0.1) is 0 Å². The maximum absolute atomic E-state index is 11.3. The Kier molecular flexibility index (Phi) is 2.83. The molecule has 1 rings (SSSR count). The van der Waals surface area contributed by atoms with Gasteiger partial charge in [-0.25, -0.2) is 8.42 Å². The molecule has 0 amide bonds. The molecule has 0 unspecified atom stereocenters. The summed E-state index contributed by atoms with van der Waals surface area (Å²) < 4.78 is 22.6. The Hall–Kier alpha value is -1.16. The van der Waals surface area contributed by atoms with Crippen molar-refractivity contribution in [1.29, 1.82) is 0 Å². The van der Waals surface area contributed by atoms with Crippen LogP contribution in [-0.4, -0.2) is 20.5 Å². The molecule has 0 aliphatic carbocycles. The molecule has 70 valence electrons. The van der Waals surface area contributed by atoms with Crippen molar-refractivity contribution in [3.63, 3.8) is 0 Å². The minimum Gasteiger partial charge on any atom is -0.298 e. The maximum Gasteiger partial charge on any atom is 0.178 e. The fourth-order valence-corrected chi connectivity index (χ4v) is 1.80. The molecule has 0 fully saturated rings. The molecule has 0 saturated heterocycles. The van der Waals surface area contributed by atoms with Crippen LogP contribution in [0.3, 0.4) is 0 Å². The van der Waals surface area contributed by atoms with Gasteiger partial charge in [0.1, 0.15) is 6.29 Å². The zero-order chi connectivity index (χ0) is 9.90. The van der Waals surface area contributed by atoms with Crippen LogP contribution >= 0.6 is 0 Å². The lowest BCUT2D eigenvalue weighted by atomic mass is 10.2. The molecule has 0 aromatic heterocycles. The summed E-state index contributed by atoms with van der Waals surface area (Å²) in [5.74, 6) is 0.0768. The molecule has 0 aliphatic rings. The summed E-state index contributed by atoms with van der Waals surface area (Å²) in [4.78, 5) is 10.6. The van der Waals surface area contributed by atoms with Crippen LogP contribution < -0.4 is 0 Å². The molecular formula is C9H10O3S. The van der Waals surface area contributed by atoms with Crippen LogP contribution in [0.25, 0.3) is 0 Å². The van der Waals surface area contributed by atoms with E-state index in [-0.39, 0.29) is 10.6 Å². The third kappa shape index (κ3) is 2.15. The fourth-order valence-electron chi connectivity index (χ4n) is 0.920. The van der Waals surface area contributed by atoms with Gasteiger partial charge in [0.25, 0.3) is 0 Å². The van der Waals surface area contributed by atoms with E-state index in [4.69, 9.17) is 0 Å². The molecule has 0 aliphatic heterocycles. The number of rotatable bonds is 3. The van der Waals surface area contributed by atoms with Crippen molar-refractivity contribution in [2.45, 2.75) is 11.8 Å². The van der Waals surface area contributed by atoms with E-state index in [2.05, 4.69) is 0 Å². The lowest BCUT2D eigenvalue weighted by Crippen LogP contribution is -2.03. The Morgan fingerprint density at radius 2 is 1.77 bits per heavy atom. The van der Waals surface area contributed by atoms with Crippen molar-refractivity contribution < 1.29 is 13.2 Å². The predicted octanol–water partition coefficient (Wildman–Crippen LogP) is 1.29. The van der Waals surface area contributed by atoms with E-state index in [0.29, 0.717) is 11.8 Å². The van der Waals surface area contributed by atoms with Gasteiger partial charge in [-0.1, -0.05) is 19.1 Å². The van der Waals surface area contributed by atoms with Crippen LogP contribution in [0.5, 0.6) is 0 Å². The highest BCUT2D eigenvalue weighted by Crippen LogP contribution is 2.10.